The standard InChI is InChI=1S/C18H20N4O4S2/c1-13-18(14(2)22-21-13)28(25,26)20-12-17(15-7-6-10-19-11-15)27(23,24)16-8-4-3-5-9-16/h3-11,17,20H,12H2,1-2H3,(H,21,22). The number of rotatable bonds is 7. The molecular formula is C18H20N4O4S2. The van der Waals surface area contributed by atoms with Gasteiger partial charge in [0.25, 0.3) is 0 Å². The summed E-state index contributed by atoms with van der Waals surface area (Å²) in [5, 5.41) is 5.38. The number of pyridine rings is 1. The first kappa shape index (κ1) is 20.2. The minimum atomic E-state index is -3.95. The van der Waals surface area contributed by atoms with Crippen molar-refractivity contribution in [3.63, 3.8) is 0 Å². The van der Waals surface area contributed by atoms with Crippen LogP contribution in [0.15, 0.2) is 64.6 Å². The van der Waals surface area contributed by atoms with E-state index in [1.54, 1.807) is 44.2 Å². The molecule has 28 heavy (non-hydrogen) atoms. The molecule has 0 fully saturated rings. The lowest BCUT2D eigenvalue weighted by Gasteiger charge is -2.19. The molecule has 3 rings (SSSR count). The number of aromatic amines is 1. The van der Waals surface area contributed by atoms with Crippen LogP contribution in [0, 0.1) is 13.8 Å². The molecular weight excluding hydrogens is 400 g/mol. The number of nitrogens with one attached hydrogen (secondary N) is 2. The van der Waals surface area contributed by atoms with Gasteiger partial charge >= 0.3 is 0 Å². The topological polar surface area (TPSA) is 122 Å². The van der Waals surface area contributed by atoms with E-state index in [2.05, 4.69) is 19.9 Å². The minimum absolute atomic E-state index is 0.0227. The Labute approximate surface area is 164 Å². The van der Waals surface area contributed by atoms with Crippen molar-refractivity contribution in [3.8, 4) is 0 Å². The Morgan fingerprint density at radius 2 is 1.75 bits per heavy atom. The van der Waals surface area contributed by atoms with Crippen LogP contribution < -0.4 is 4.72 Å². The predicted molar refractivity (Wildman–Crippen MR) is 104 cm³/mol. The Kier molecular flexibility index (Phi) is 5.64. The molecule has 2 heterocycles. The van der Waals surface area contributed by atoms with Gasteiger partial charge in [0.2, 0.25) is 10.0 Å². The molecule has 0 radical (unpaired) electrons. The van der Waals surface area contributed by atoms with Gasteiger partial charge < -0.3 is 0 Å². The number of nitrogens with zero attached hydrogens (tertiary/aromatic N) is 2. The number of sulfone groups is 1. The fraction of sp³-hybridized carbons (Fsp3) is 0.222. The van der Waals surface area contributed by atoms with E-state index in [-0.39, 0.29) is 16.3 Å². The number of H-pyrrole nitrogens is 1. The molecule has 0 saturated heterocycles. The molecule has 8 nitrogen and oxygen atoms in total. The lowest BCUT2D eigenvalue weighted by Crippen LogP contribution is -2.32. The van der Waals surface area contributed by atoms with E-state index in [4.69, 9.17) is 0 Å². The second-order valence-corrected chi connectivity index (χ2v) is 10.1. The molecule has 0 aliphatic rings. The Morgan fingerprint density at radius 1 is 1.04 bits per heavy atom. The summed E-state index contributed by atoms with van der Waals surface area (Å²) in [6, 6.07) is 11.1. The average molecular weight is 421 g/mol. The third-order valence-electron chi connectivity index (χ3n) is 4.29. The summed E-state index contributed by atoms with van der Waals surface area (Å²) in [5.74, 6) is 0. The Balaban J connectivity index is 1.98. The minimum Gasteiger partial charge on any atom is -0.281 e. The Hall–Kier alpha value is -2.56. The zero-order valence-corrected chi connectivity index (χ0v) is 17.0. The predicted octanol–water partition coefficient (Wildman–Crippen LogP) is 1.92. The summed E-state index contributed by atoms with van der Waals surface area (Å²) < 4.78 is 54.3. The first-order valence-corrected chi connectivity index (χ1v) is 11.5. The molecule has 0 aliphatic carbocycles. The molecule has 0 bridgehead atoms. The molecule has 3 aromatic rings. The van der Waals surface area contributed by atoms with Crippen LogP contribution in [0.1, 0.15) is 22.2 Å². The summed E-state index contributed by atoms with van der Waals surface area (Å²) in [5.41, 5.74) is 1.09. The Morgan fingerprint density at radius 3 is 2.32 bits per heavy atom. The average Bonchev–Trinajstić information content (AvgIpc) is 3.02. The molecule has 1 aromatic carbocycles. The summed E-state index contributed by atoms with van der Waals surface area (Å²) in [4.78, 5) is 4.11. The zero-order valence-electron chi connectivity index (χ0n) is 15.3. The van der Waals surface area contributed by atoms with Crippen molar-refractivity contribution in [3.05, 3.63) is 71.8 Å². The van der Waals surface area contributed by atoms with E-state index in [0.717, 1.165) is 0 Å². The van der Waals surface area contributed by atoms with Gasteiger partial charge in [-0.3, -0.25) is 10.1 Å². The van der Waals surface area contributed by atoms with Crippen LogP contribution in [-0.4, -0.2) is 38.6 Å². The Bertz CT molecular complexity index is 1140. The number of hydrogen-bond donors (Lipinski definition) is 2. The van der Waals surface area contributed by atoms with Gasteiger partial charge in [-0.1, -0.05) is 24.3 Å². The largest absolute Gasteiger partial charge is 0.281 e. The van der Waals surface area contributed by atoms with E-state index in [1.165, 1.54) is 24.5 Å². The quantitative estimate of drug-likeness (QED) is 0.602. The number of sulfonamides is 1. The first-order valence-electron chi connectivity index (χ1n) is 8.43. The van der Waals surface area contributed by atoms with Gasteiger partial charge in [0, 0.05) is 18.9 Å². The van der Waals surface area contributed by atoms with Crippen LogP contribution in [0.2, 0.25) is 0 Å². The van der Waals surface area contributed by atoms with Crippen LogP contribution in [0.3, 0.4) is 0 Å². The molecule has 2 N–H and O–H groups in total. The van der Waals surface area contributed by atoms with Gasteiger partial charge in [-0.15, -0.1) is 0 Å². The maximum absolute atomic E-state index is 13.2. The smallest absolute Gasteiger partial charge is 0.244 e. The van der Waals surface area contributed by atoms with Crippen molar-refractivity contribution in [2.24, 2.45) is 0 Å². The van der Waals surface area contributed by atoms with E-state index >= 15 is 0 Å². The molecule has 148 valence electrons. The number of hydrogen-bond acceptors (Lipinski definition) is 6. The maximum Gasteiger partial charge on any atom is 0.244 e. The molecule has 0 aliphatic heterocycles. The van der Waals surface area contributed by atoms with Crippen LogP contribution in [0.4, 0.5) is 0 Å². The third-order valence-corrected chi connectivity index (χ3v) is 8.09. The van der Waals surface area contributed by atoms with Crippen LogP contribution in [0.25, 0.3) is 0 Å². The number of aromatic nitrogens is 3. The summed E-state index contributed by atoms with van der Waals surface area (Å²) in [7, 11) is -7.81. The van der Waals surface area contributed by atoms with Crippen molar-refractivity contribution in [1.82, 2.24) is 19.9 Å². The molecule has 0 spiro atoms. The van der Waals surface area contributed by atoms with Gasteiger partial charge in [0.05, 0.1) is 16.3 Å². The van der Waals surface area contributed by atoms with Crippen LogP contribution in [-0.2, 0) is 19.9 Å². The fourth-order valence-electron chi connectivity index (χ4n) is 2.94. The SMILES string of the molecule is Cc1n[nH]c(C)c1S(=O)(=O)NCC(c1cccnc1)S(=O)(=O)c1ccccc1. The lowest BCUT2D eigenvalue weighted by molar-refractivity contribution is 0.568. The van der Waals surface area contributed by atoms with Gasteiger partial charge in [-0.25, -0.2) is 21.6 Å². The molecule has 0 saturated carbocycles. The monoisotopic (exact) mass is 420 g/mol. The van der Waals surface area contributed by atoms with E-state index in [9.17, 15) is 16.8 Å². The maximum atomic E-state index is 13.2. The summed E-state index contributed by atoms with van der Waals surface area (Å²) in [6.07, 6.45) is 2.95. The van der Waals surface area contributed by atoms with Gasteiger partial charge in [-0.05, 0) is 37.6 Å². The van der Waals surface area contributed by atoms with Gasteiger partial charge in [0.1, 0.15) is 10.1 Å². The zero-order chi connectivity index (χ0) is 20.4. The van der Waals surface area contributed by atoms with Crippen LogP contribution in [0.5, 0.6) is 0 Å². The van der Waals surface area contributed by atoms with Gasteiger partial charge in [-0.2, -0.15) is 5.10 Å². The molecule has 2 aromatic heterocycles. The van der Waals surface area contributed by atoms with Crippen LogP contribution >= 0.6 is 0 Å². The molecule has 10 heteroatoms. The summed E-state index contributed by atoms with van der Waals surface area (Å²) in [6.45, 7) is 2.82. The fourth-order valence-corrected chi connectivity index (χ4v) is 6.13. The molecule has 1 atom stereocenters. The van der Waals surface area contributed by atoms with E-state index < -0.39 is 25.1 Å². The normalized spacial score (nSPS) is 13.4. The highest BCUT2D eigenvalue weighted by Crippen LogP contribution is 2.28. The third kappa shape index (κ3) is 3.98. The number of aryl methyl sites for hydroxylation is 2. The van der Waals surface area contributed by atoms with E-state index in [0.29, 0.717) is 17.0 Å². The highest BCUT2D eigenvalue weighted by molar-refractivity contribution is 7.92. The number of benzene rings is 1. The van der Waals surface area contributed by atoms with Crippen molar-refractivity contribution in [2.75, 3.05) is 6.54 Å². The van der Waals surface area contributed by atoms with Crippen molar-refractivity contribution >= 4 is 19.9 Å². The highest BCUT2D eigenvalue weighted by Gasteiger charge is 2.32. The van der Waals surface area contributed by atoms with E-state index in [1.807, 2.05) is 0 Å². The molecule has 1 unspecified atom stereocenters. The van der Waals surface area contributed by atoms with Crippen molar-refractivity contribution < 1.29 is 16.8 Å². The lowest BCUT2D eigenvalue weighted by atomic mass is 10.2. The highest BCUT2D eigenvalue weighted by atomic mass is 32.2. The summed E-state index contributed by atoms with van der Waals surface area (Å²) >= 11 is 0. The second kappa shape index (κ2) is 7.82. The van der Waals surface area contributed by atoms with Crippen molar-refractivity contribution in [2.45, 2.75) is 28.9 Å². The first-order chi connectivity index (χ1) is 13.2. The molecule has 0 amide bonds. The van der Waals surface area contributed by atoms with Gasteiger partial charge in [0.15, 0.2) is 9.84 Å². The van der Waals surface area contributed by atoms with Crippen molar-refractivity contribution in [1.29, 1.82) is 0 Å². The second-order valence-electron chi connectivity index (χ2n) is 6.25.